The SMILES string of the molecule is O=C(O)C(Cc1cccc(Cl)c1)c1ncc(Cl)cc1Br. The average Bonchev–Trinajstić information content (AvgIpc) is 2.36. The highest BCUT2D eigenvalue weighted by atomic mass is 79.9. The number of carboxylic acid groups (broad SMARTS) is 1. The van der Waals surface area contributed by atoms with Crippen LogP contribution in [0.5, 0.6) is 0 Å². The molecule has 104 valence electrons. The maximum atomic E-state index is 11.5. The van der Waals surface area contributed by atoms with E-state index in [-0.39, 0.29) is 0 Å². The van der Waals surface area contributed by atoms with Crippen LogP contribution in [0.2, 0.25) is 10.0 Å². The summed E-state index contributed by atoms with van der Waals surface area (Å²) in [6, 6.07) is 8.77. The minimum atomic E-state index is -0.944. The van der Waals surface area contributed by atoms with Crippen molar-refractivity contribution in [1.29, 1.82) is 0 Å². The van der Waals surface area contributed by atoms with E-state index in [2.05, 4.69) is 20.9 Å². The quantitative estimate of drug-likeness (QED) is 0.853. The number of carboxylic acids is 1. The first-order valence-corrected chi connectivity index (χ1v) is 7.30. The van der Waals surface area contributed by atoms with Gasteiger partial charge < -0.3 is 5.11 Å². The lowest BCUT2D eigenvalue weighted by Gasteiger charge is -2.14. The van der Waals surface area contributed by atoms with Crippen LogP contribution in [-0.4, -0.2) is 16.1 Å². The molecule has 0 spiro atoms. The normalized spacial score (nSPS) is 12.2. The van der Waals surface area contributed by atoms with Crippen molar-refractivity contribution in [3.8, 4) is 0 Å². The van der Waals surface area contributed by atoms with Gasteiger partial charge in [-0.2, -0.15) is 0 Å². The van der Waals surface area contributed by atoms with Gasteiger partial charge in [0, 0.05) is 15.7 Å². The fourth-order valence-corrected chi connectivity index (χ4v) is 3.01. The molecule has 1 heterocycles. The summed E-state index contributed by atoms with van der Waals surface area (Å²) in [7, 11) is 0. The van der Waals surface area contributed by atoms with Gasteiger partial charge in [-0.05, 0) is 46.1 Å². The molecule has 1 atom stereocenters. The van der Waals surface area contributed by atoms with Crippen LogP contribution in [-0.2, 0) is 11.2 Å². The highest BCUT2D eigenvalue weighted by molar-refractivity contribution is 9.10. The number of nitrogens with zero attached hydrogens (tertiary/aromatic N) is 1. The van der Waals surface area contributed by atoms with Gasteiger partial charge >= 0.3 is 5.97 Å². The summed E-state index contributed by atoms with van der Waals surface area (Å²) in [4.78, 5) is 15.6. The van der Waals surface area contributed by atoms with Crippen molar-refractivity contribution < 1.29 is 9.90 Å². The first kappa shape index (κ1) is 15.3. The molecule has 1 aromatic carbocycles. The Labute approximate surface area is 134 Å². The van der Waals surface area contributed by atoms with Gasteiger partial charge in [0.25, 0.3) is 0 Å². The van der Waals surface area contributed by atoms with E-state index in [4.69, 9.17) is 23.2 Å². The zero-order valence-electron chi connectivity index (χ0n) is 10.2. The van der Waals surface area contributed by atoms with Crippen molar-refractivity contribution in [3.05, 3.63) is 62.3 Å². The molecule has 0 fully saturated rings. The number of carbonyl (C=O) groups is 1. The fraction of sp³-hybridized carbons (Fsp3) is 0.143. The summed E-state index contributed by atoms with van der Waals surface area (Å²) in [5.41, 5.74) is 1.29. The summed E-state index contributed by atoms with van der Waals surface area (Å²) in [6.45, 7) is 0. The second-order valence-corrected chi connectivity index (χ2v) is 5.97. The van der Waals surface area contributed by atoms with Crippen molar-refractivity contribution in [2.75, 3.05) is 0 Å². The Balaban J connectivity index is 2.34. The predicted molar refractivity (Wildman–Crippen MR) is 82.5 cm³/mol. The van der Waals surface area contributed by atoms with Crippen LogP contribution in [0.3, 0.4) is 0 Å². The summed E-state index contributed by atoms with van der Waals surface area (Å²) < 4.78 is 0.583. The number of pyridine rings is 1. The molecule has 0 radical (unpaired) electrons. The number of rotatable bonds is 4. The molecule has 0 amide bonds. The van der Waals surface area contributed by atoms with Gasteiger partial charge in [-0.25, -0.2) is 0 Å². The van der Waals surface area contributed by atoms with E-state index in [0.717, 1.165) is 5.56 Å². The van der Waals surface area contributed by atoms with Gasteiger partial charge in [0.1, 0.15) is 5.92 Å². The highest BCUT2D eigenvalue weighted by Crippen LogP contribution is 2.29. The van der Waals surface area contributed by atoms with E-state index in [0.29, 0.717) is 26.6 Å². The van der Waals surface area contributed by atoms with Gasteiger partial charge in [0.2, 0.25) is 0 Å². The zero-order chi connectivity index (χ0) is 14.7. The molecule has 0 saturated heterocycles. The topological polar surface area (TPSA) is 50.2 Å². The molecule has 6 heteroatoms. The van der Waals surface area contributed by atoms with Crippen LogP contribution in [0.15, 0.2) is 41.0 Å². The summed E-state index contributed by atoms with van der Waals surface area (Å²) in [5.74, 6) is -1.71. The Kier molecular flexibility index (Phi) is 5.02. The van der Waals surface area contributed by atoms with Gasteiger partial charge in [-0.1, -0.05) is 35.3 Å². The molecule has 20 heavy (non-hydrogen) atoms. The van der Waals surface area contributed by atoms with E-state index in [1.165, 1.54) is 6.20 Å². The third-order valence-corrected chi connectivity index (χ3v) is 3.87. The Hall–Kier alpha value is -1.10. The number of halogens is 3. The minimum Gasteiger partial charge on any atom is -0.481 e. The van der Waals surface area contributed by atoms with E-state index in [1.54, 1.807) is 24.3 Å². The minimum absolute atomic E-state index is 0.309. The van der Waals surface area contributed by atoms with E-state index >= 15 is 0 Å². The molecule has 0 aliphatic carbocycles. The van der Waals surface area contributed by atoms with Crippen LogP contribution in [0.25, 0.3) is 0 Å². The van der Waals surface area contributed by atoms with E-state index in [1.807, 2.05) is 6.07 Å². The molecule has 0 aliphatic rings. The van der Waals surface area contributed by atoms with Gasteiger partial charge in [0.05, 0.1) is 10.7 Å². The molecule has 2 aromatic rings. The number of hydrogen-bond acceptors (Lipinski definition) is 2. The standard InChI is InChI=1S/C14H10BrCl2NO2/c15-12-6-10(17)7-18-13(12)11(14(19)20)5-8-2-1-3-9(16)4-8/h1-4,6-7,11H,5H2,(H,19,20). The average molecular weight is 375 g/mol. The zero-order valence-corrected chi connectivity index (χ0v) is 13.3. The largest absolute Gasteiger partial charge is 0.481 e. The Bertz CT molecular complexity index is 649. The molecule has 0 bridgehead atoms. The molecule has 2 rings (SSSR count). The van der Waals surface area contributed by atoms with Crippen LogP contribution in [0.4, 0.5) is 0 Å². The molecule has 1 aromatic heterocycles. The highest BCUT2D eigenvalue weighted by Gasteiger charge is 2.24. The maximum Gasteiger partial charge on any atom is 0.312 e. The van der Waals surface area contributed by atoms with Crippen LogP contribution in [0, 0.1) is 0 Å². The van der Waals surface area contributed by atoms with Gasteiger partial charge in [-0.15, -0.1) is 0 Å². The van der Waals surface area contributed by atoms with Crippen molar-refractivity contribution >= 4 is 45.1 Å². The molecule has 3 nitrogen and oxygen atoms in total. The monoisotopic (exact) mass is 373 g/mol. The van der Waals surface area contributed by atoms with Crippen LogP contribution < -0.4 is 0 Å². The lowest BCUT2D eigenvalue weighted by Crippen LogP contribution is -2.16. The van der Waals surface area contributed by atoms with Gasteiger partial charge in [0.15, 0.2) is 0 Å². The van der Waals surface area contributed by atoms with Crippen molar-refractivity contribution in [3.63, 3.8) is 0 Å². The van der Waals surface area contributed by atoms with Crippen molar-refractivity contribution in [1.82, 2.24) is 4.98 Å². The maximum absolute atomic E-state index is 11.5. The molecular formula is C14H10BrCl2NO2. The lowest BCUT2D eigenvalue weighted by atomic mass is 9.96. The second-order valence-electron chi connectivity index (χ2n) is 4.25. The molecule has 1 N–H and O–H groups in total. The van der Waals surface area contributed by atoms with Crippen LogP contribution in [0.1, 0.15) is 17.2 Å². The van der Waals surface area contributed by atoms with Crippen molar-refractivity contribution in [2.45, 2.75) is 12.3 Å². The smallest absolute Gasteiger partial charge is 0.312 e. The summed E-state index contributed by atoms with van der Waals surface area (Å²) >= 11 is 15.0. The third-order valence-electron chi connectivity index (χ3n) is 2.79. The summed E-state index contributed by atoms with van der Waals surface area (Å²) in [6.07, 6.45) is 1.75. The lowest BCUT2D eigenvalue weighted by molar-refractivity contribution is -0.138. The van der Waals surface area contributed by atoms with E-state index in [9.17, 15) is 9.90 Å². The molecule has 0 aliphatic heterocycles. The van der Waals surface area contributed by atoms with E-state index < -0.39 is 11.9 Å². The molecular weight excluding hydrogens is 365 g/mol. The second kappa shape index (κ2) is 6.57. The van der Waals surface area contributed by atoms with Crippen molar-refractivity contribution in [2.24, 2.45) is 0 Å². The fourth-order valence-electron chi connectivity index (χ4n) is 1.88. The predicted octanol–water partition coefficient (Wildman–Crippen LogP) is 4.56. The number of aromatic nitrogens is 1. The third kappa shape index (κ3) is 3.72. The summed E-state index contributed by atoms with van der Waals surface area (Å²) in [5, 5.41) is 10.5. The van der Waals surface area contributed by atoms with Crippen LogP contribution >= 0.6 is 39.1 Å². The number of hydrogen-bond donors (Lipinski definition) is 1. The molecule has 0 saturated carbocycles. The Morgan fingerprint density at radius 2 is 2.05 bits per heavy atom. The number of aliphatic carboxylic acids is 1. The molecule has 1 unspecified atom stereocenters. The Morgan fingerprint density at radius 1 is 1.30 bits per heavy atom. The van der Waals surface area contributed by atoms with Gasteiger partial charge in [-0.3, -0.25) is 9.78 Å². The number of benzene rings is 1. The Morgan fingerprint density at radius 3 is 2.65 bits per heavy atom. The first-order chi connectivity index (χ1) is 9.47. The first-order valence-electron chi connectivity index (χ1n) is 5.75.